The van der Waals surface area contributed by atoms with Crippen molar-refractivity contribution in [1.29, 1.82) is 0 Å². The van der Waals surface area contributed by atoms with Crippen LogP contribution in [0.25, 0.3) is 11.8 Å². The second-order valence-electron chi connectivity index (χ2n) is 6.48. The van der Waals surface area contributed by atoms with Crippen LogP contribution in [-0.2, 0) is 11.2 Å². The van der Waals surface area contributed by atoms with Gasteiger partial charge >= 0.3 is 0 Å². The first-order chi connectivity index (χ1) is 12.5. The van der Waals surface area contributed by atoms with Gasteiger partial charge in [0.1, 0.15) is 0 Å². The highest BCUT2D eigenvalue weighted by Crippen LogP contribution is 2.34. The first-order valence-corrected chi connectivity index (χ1v) is 9.82. The highest BCUT2D eigenvalue weighted by Gasteiger charge is 2.34. The number of thioether (sulfide) groups is 1. The largest absolute Gasteiger partial charge is 0.318 e. The van der Waals surface area contributed by atoms with E-state index in [2.05, 4.69) is 49.6 Å². The summed E-state index contributed by atoms with van der Waals surface area (Å²) in [6.45, 7) is 8.72. The smallest absolute Gasteiger partial charge is 0.293 e. The predicted octanol–water partition coefficient (Wildman–Crippen LogP) is 5.10. The number of amides is 2. The van der Waals surface area contributed by atoms with Gasteiger partial charge in [0.05, 0.1) is 4.91 Å². The molecule has 0 unspecified atom stereocenters. The van der Waals surface area contributed by atoms with Gasteiger partial charge in [0, 0.05) is 23.6 Å². The van der Waals surface area contributed by atoms with Gasteiger partial charge in [0.25, 0.3) is 11.1 Å². The molecule has 0 atom stereocenters. The zero-order chi connectivity index (χ0) is 18.8. The van der Waals surface area contributed by atoms with Gasteiger partial charge in [-0.05, 0) is 67.8 Å². The highest BCUT2D eigenvalue weighted by molar-refractivity contribution is 8.18. The van der Waals surface area contributed by atoms with Crippen molar-refractivity contribution in [2.75, 3.05) is 6.54 Å². The number of hydrogen-bond donors (Lipinski definition) is 0. The van der Waals surface area contributed by atoms with Crippen molar-refractivity contribution in [2.45, 2.75) is 40.5 Å². The lowest BCUT2D eigenvalue weighted by molar-refractivity contribution is -0.122. The minimum atomic E-state index is -0.180. The third-order valence-corrected chi connectivity index (χ3v) is 5.60. The molecule has 2 aromatic rings. The minimum Gasteiger partial charge on any atom is -0.318 e. The first kappa shape index (κ1) is 18.5. The van der Waals surface area contributed by atoms with E-state index in [9.17, 15) is 9.59 Å². The number of aryl methyl sites for hydroxylation is 2. The summed E-state index contributed by atoms with van der Waals surface area (Å²) in [6, 6.07) is 10.4. The molecule has 1 fully saturated rings. The normalized spacial score (nSPS) is 16.2. The molecule has 0 N–H and O–H groups in total. The second-order valence-corrected chi connectivity index (χ2v) is 7.47. The molecule has 1 aromatic carbocycles. The average Bonchev–Trinajstić information content (AvgIpc) is 3.05. The summed E-state index contributed by atoms with van der Waals surface area (Å²) in [5.41, 5.74) is 5.62. The van der Waals surface area contributed by atoms with Crippen LogP contribution >= 0.6 is 11.8 Å². The number of rotatable bonds is 5. The zero-order valence-electron chi connectivity index (χ0n) is 15.7. The van der Waals surface area contributed by atoms with Crippen LogP contribution in [0.1, 0.15) is 42.8 Å². The van der Waals surface area contributed by atoms with Gasteiger partial charge in [-0.2, -0.15) is 0 Å². The molecule has 0 bridgehead atoms. The SMILES string of the molecule is CCCN1C(=O)S/C(=C\c2cc(C)n(-c3ccccc3CC)c2C)C1=O. The Morgan fingerprint density at radius 2 is 1.85 bits per heavy atom. The maximum absolute atomic E-state index is 12.5. The van der Waals surface area contributed by atoms with Gasteiger partial charge in [-0.25, -0.2) is 0 Å². The zero-order valence-corrected chi connectivity index (χ0v) is 16.5. The van der Waals surface area contributed by atoms with Gasteiger partial charge < -0.3 is 4.57 Å². The van der Waals surface area contributed by atoms with Crippen molar-refractivity contribution < 1.29 is 9.59 Å². The predicted molar refractivity (Wildman–Crippen MR) is 108 cm³/mol. The lowest BCUT2D eigenvalue weighted by Gasteiger charge is -2.14. The molecule has 1 aromatic heterocycles. The van der Waals surface area contributed by atoms with E-state index < -0.39 is 0 Å². The third-order valence-electron chi connectivity index (χ3n) is 4.69. The Morgan fingerprint density at radius 1 is 1.12 bits per heavy atom. The third kappa shape index (κ3) is 3.23. The van der Waals surface area contributed by atoms with Crippen LogP contribution in [0.2, 0.25) is 0 Å². The molecule has 0 aliphatic carbocycles. The Balaban J connectivity index is 2.02. The van der Waals surface area contributed by atoms with E-state index in [1.807, 2.05) is 19.1 Å². The molecule has 3 rings (SSSR count). The number of carbonyl (C=O) groups excluding carboxylic acids is 2. The summed E-state index contributed by atoms with van der Waals surface area (Å²) in [4.78, 5) is 26.4. The highest BCUT2D eigenvalue weighted by atomic mass is 32.2. The monoisotopic (exact) mass is 368 g/mol. The Morgan fingerprint density at radius 3 is 2.54 bits per heavy atom. The number of para-hydroxylation sites is 1. The number of hydrogen-bond acceptors (Lipinski definition) is 3. The number of nitrogens with zero attached hydrogens (tertiary/aromatic N) is 2. The molecular weight excluding hydrogens is 344 g/mol. The molecule has 2 amide bonds. The summed E-state index contributed by atoms with van der Waals surface area (Å²) < 4.78 is 2.22. The molecule has 5 heteroatoms. The van der Waals surface area contributed by atoms with E-state index in [1.165, 1.54) is 16.2 Å². The Kier molecular flexibility index (Phi) is 5.37. The van der Waals surface area contributed by atoms with Gasteiger partial charge in [0.2, 0.25) is 0 Å². The van der Waals surface area contributed by atoms with Crippen molar-refractivity contribution in [1.82, 2.24) is 9.47 Å². The molecule has 2 heterocycles. The van der Waals surface area contributed by atoms with Crippen LogP contribution < -0.4 is 0 Å². The molecule has 1 saturated heterocycles. The van der Waals surface area contributed by atoms with Gasteiger partial charge in [0.15, 0.2) is 0 Å². The Bertz CT molecular complexity index is 895. The maximum Gasteiger partial charge on any atom is 0.293 e. The molecule has 0 saturated carbocycles. The summed E-state index contributed by atoms with van der Waals surface area (Å²) in [5, 5.41) is -0.173. The van der Waals surface area contributed by atoms with E-state index in [1.54, 1.807) is 0 Å². The lowest BCUT2D eigenvalue weighted by Crippen LogP contribution is -2.28. The fourth-order valence-corrected chi connectivity index (χ4v) is 4.25. The quantitative estimate of drug-likeness (QED) is 0.689. The Hall–Kier alpha value is -2.27. The fraction of sp³-hybridized carbons (Fsp3) is 0.333. The molecule has 0 spiro atoms. The van der Waals surface area contributed by atoms with Gasteiger partial charge in [-0.1, -0.05) is 32.0 Å². The number of imide groups is 1. The van der Waals surface area contributed by atoms with Gasteiger partial charge in [-0.15, -0.1) is 0 Å². The van der Waals surface area contributed by atoms with E-state index in [0.717, 1.165) is 41.6 Å². The van der Waals surface area contributed by atoms with E-state index in [-0.39, 0.29) is 11.1 Å². The molecule has 136 valence electrons. The molecular formula is C21H24N2O2S. The minimum absolute atomic E-state index is 0.173. The van der Waals surface area contributed by atoms with Crippen molar-refractivity contribution in [3.63, 3.8) is 0 Å². The molecule has 26 heavy (non-hydrogen) atoms. The number of benzene rings is 1. The lowest BCUT2D eigenvalue weighted by atomic mass is 10.1. The first-order valence-electron chi connectivity index (χ1n) is 9.00. The summed E-state index contributed by atoms with van der Waals surface area (Å²) in [6.07, 6.45) is 3.58. The van der Waals surface area contributed by atoms with Crippen molar-refractivity contribution >= 4 is 29.0 Å². The van der Waals surface area contributed by atoms with Crippen LogP contribution in [0, 0.1) is 13.8 Å². The number of aromatic nitrogens is 1. The molecule has 1 aliphatic rings. The standard InChI is InChI=1S/C21H24N2O2S/c1-5-11-22-20(24)19(26-21(22)25)13-17-12-14(3)23(15(17)4)18-10-8-7-9-16(18)6-2/h7-10,12-13H,5-6,11H2,1-4H3/b19-13-. The van der Waals surface area contributed by atoms with Gasteiger partial charge in [-0.3, -0.25) is 14.5 Å². The van der Waals surface area contributed by atoms with Crippen LogP contribution in [-0.4, -0.2) is 27.2 Å². The van der Waals surface area contributed by atoms with Crippen molar-refractivity contribution in [3.05, 3.63) is 57.8 Å². The second kappa shape index (κ2) is 7.54. The summed E-state index contributed by atoms with van der Waals surface area (Å²) >= 11 is 1.03. The van der Waals surface area contributed by atoms with E-state index in [0.29, 0.717) is 11.4 Å². The van der Waals surface area contributed by atoms with Crippen LogP contribution in [0.4, 0.5) is 4.79 Å². The summed E-state index contributed by atoms with van der Waals surface area (Å²) in [5.74, 6) is -0.180. The Labute approximate surface area is 158 Å². The molecule has 4 nitrogen and oxygen atoms in total. The number of carbonyl (C=O) groups is 2. The fourth-order valence-electron chi connectivity index (χ4n) is 3.39. The molecule has 0 radical (unpaired) electrons. The van der Waals surface area contributed by atoms with E-state index >= 15 is 0 Å². The average molecular weight is 369 g/mol. The van der Waals surface area contributed by atoms with Crippen LogP contribution in [0.5, 0.6) is 0 Å². The van der Waals surface area contributed by atoms with Crippen molar-refractivity contribution in [3.8, 4) is 5.69 Å². The van der Waals surface area contributed by atoms with Crippen molar-refractivity contribution in [2.24, 2.45) is 0 Å². The van der Waals surface area contributed by atoms with Crippen LogP contribution in [0.15, 0.2) is 35.2 Å². The maximum atomic E-state index is 12.5. The topological polar surface area (TPSA) is 42.3 Å². The van der Waals surface area contributed by atoms with E-state index in [4.69, 9.17) is 0 Å². The van der Waals surface area contributed by atoms with Crippen LogP contribution in [0.3, 0.4) is 0 Å². The molecule has 1 aliphatic heterocycles. The summed E-state index contributed by atoms with van der Waals surface area (Å²) in [7, 11) is 0.